The van der Waals surface area contributed by atoms with E-state index in [1.54, 1.807) is 24.3 Å². The fraction of sp³-hybridized carbons (Fsp3) is 0.100. The Balaban J connectivity index is 2.97. The number of hydrogen-bond acceptors (Lipinski definition) is 3. The summed E-state index contributed by atoms with van der Waals surface area (Å²) in [6, 6.07) is 6.84. The molecule has 0 fully saturated rings. The van der Waals surface area contributed by atoms with Crippen molar-refractivity contribution in [1.82, 2.24) is 0 Å². The third-order valence-corrected chi connectivity index (χ3v) is 1.92. The van der Waals surface area contributed by atoms with Gasteiger partial charge in [0.25, 0.3) is 0 Å². The summed E-state index contributed by atoms with van der Waals surface area (Å²) in [6.07, 6.45) is 0. The molecule has 0 aliphatic rings. The molecule has 78 valence electrons. The predicted molar refractivity (Wildman–Crippen MR) is 63.9 cm³/mol. The van der Waals surface area contributed by atoms with Crippen molar-refractivity contribution < 1.29 is 0 Å². The van der Waals surface area contributed by atoms with Gasteiger partial charge in [-0.3, -0.25) is 5.41 Å². The van der Waals surface area contributed by atoms with E-state index in [1.165, 1.54) is 6.92 Å². The van der Waals surface area contributed by atoms with Gasteiger partial charge in [0, 0.05) is 5.02 Å². The molecule has 1 aromatic carbocycles. The van der Waals surface area contributed by atoms with Gasteiger partial charge in [-0.15, -0.1) is 0 Å². The molecule has 0 aliphatic carbocycles. The van der Waals surface area contributed by atoms with Gasteiger partial charge in [-0.1, -0.05) is 17.7 Å². The van der Waals surface area contributed by atoms with Gasteiger partial charge < -0.3 is 11.1 Å². The minimum atomic E-state index is -0.0741. The minimum absolute atomic E-state index is 0.0183. The normalized spacial score (nSPS) is 11.2. The smallest absolute Gasteiger partial charge is 0.151 e. The zero-order valence-electron chi connectivity index (χ0n) is 8.21. The van der Waals surface area contributed by atoms with Gasteiger partial charge in [0.1, 0.15) is 5.71 Å². The monoisotopic (exact) mass is 222 g/mol. The third-order valence-electron chi connectivity index (χ3n) is 1.69. The van der Waals surface area contributed by atoms with Crippen molar-refractivity contribution in [2.24, 2.45) is 10.7 Å². The molecular weight excluding hydrogens is 212 g/mol. The van der Waals surface area contributed by atoms with Crippen LogP contribution >= 0.6 is 11.6 Å². The first-order valence-corrected chi connectivity index (χ1v) is 4.62. The van der Waals surface area contributed by atoms with Crippen LogP contribution in [0.1, 0.15) is 6.92 Å². The minimum Gasteiger partial charge on any atom is -0.382 e. The Hall–Kier alpha value is -1.68. The van der Waals surface area contributed by atoms with Gasteiger partial charge in [-0.25, -0.2) is 4.99 Å². The number of hydrogen-bond donors (Lipinski definition) is 3. The lowest BCUT2D eigenvalue weighted by Gasteiger charge is -2.01. The van der Waals surface area contributed by atoms with Crippen molar-refractivity contribution >= 4 is 34.5 Å². The van der Waals surface area contributed by atoms with Crippen LogP contribution in [0, 0.1) is 10.8 Å². The number of nitrogens with zero attached hydrogens (tertiary/aromatic N) is 1. The second-order valence-corrected chi connectivity index (χ2v) is 3.41. The molecular formula is C10H11ClN4. The number of nitrogens with one attached hydrogen (secondary N) is 2. The molecule has 0 aliphatic heterocycles. The largest absolute Gasteiger partial charge is 0.382 e. The first-order valence-electron chi connectivity index (χ1n) is 4.25. The second-order valence-electron chi connectivity index (χ2n) is 2.98. The molecule has 0 unspecified atom stereocenters. The quantitative estimate of drug-likeness (QED) is 0.532. The average Bonchev–Trinajstić information content (AvgIpc) is 2.16. The van der Waals surface area contributed by atoms with Crippen LogP contribution in [0.3, 0.4) is 0 Å². The number of aliphatic imine (C=N–C) groups is 1. The van der Waals surface area contributed by atoms with E-state index in [0.717, 1.165) is 0 Å². The molecule has 15 heavy (non-hydrogen) atoms. The summed E-state index contributed by atoms with van der Waals surface area (Å²) in [5.74, 6) is 0.0183. The number of benzene rings is 1. The molecule has 4 N–H and O–H groups in total. The van der Waals surface area contributed by atoms with Crippen LogP contribution in [0.25, 0.3) is 0 Å². The second kappa shape index (κ2) is 4.70. The molecule has 0 saturated carbocycles. The molecule has 0 atom stereocenters. The lowest BCUT2D eigenvalue weighted by molar-refractivity contribution is 1.44. The maximum absolute atomic E-state index is 7.44. The summed E-state index contributed by atoms with van der Waals surface area (Å²) in [5.41, 5.74) is 6.12. The predicted octanol–water partition coefficient (Wildman–Crippen LogP) is 2.39. The molecule has 0 spiro atoms. The van der Waals surface area contributed by atoms with Crippen LogP contribution in [-0.4, -0.2) is 17.3 Å². The Morgan fingerprint density at radius 3 is 2.60 bits per heavy atom. The summed E-state index contributed by atoms with van der Waals surface area (Å²) >= 11 is 5.76. The van der Waals surface area contributed by atoms with Crippen molar-refractivity contribution in [1.29, 1.82) is 10.8 Å². The molecule has 0 bridgehead atoms. The first kappa shape index (κ1) is 11.4. The molecule has 0 radical (unpaired) electrons. The number of amidine groups is 1. The molecule has 0 amide bonds. The Morgan fingerprint density at radius 2 is 2.07 bits per heavy atom. The zero-order chi connectivity index (χ0) is 11.4. The van der Waals surface area contributed by atoms with Crippen LogP contribution in [0.15, 0.2) is 29.3 Å². The van der Waals surface area contributed by atoms with E-state index in [2.05, 4.69) is 4.99 Å². The fourth-order valence-corrected chi connectivity index (χ4v) is 1.12. The zero-order valence-corrected chi connectivity index (χ0v) is 8.97. The van der Waals surface area contributed by atoms with Gasteiger partial charge in [-0.2, -0.15) is 0 Å². The Kier molecular flexibility index (Phi) is 3.57. The highest BCUT2D eigenvalue weighted by molar-refractivity contribution is 6.66. The topological polar surface area (TPSA) is 86.1 Å². The number of nitrogens with two attached hydrogens (primary N) is 1. The van der Waals surface area contributed by atoms with Gasteiger partial charge in [-0.05, 0) is 25.1 Å². The van der Waals surface area contributed by atoms with Gasteiger partial charge in [0.05, 0.1) is 11.4 Å². The molecule has 0 heterocycles. The van der Waals surface area contributed by atoms with Crippen LogP contribution in [0.5, 0.6) is 0 Å². The maximum Gasteiger partial charge on any atom is 0.151 e. The van der Waals surface area contributed by atoms with Gasteiger partial charge in [0.2, 0.25) is 0 Å². The van der Waals surface area contributed by atoms with Crippen molar-refractivity contribution in [3.8, 4) is 0 Å². The van der Waals surface area contributed by atoms with Crippen LogP contribution in [0.2, 0.25) is 5.02 Å². The van der Waals surface area contributed by atoms with E-state index in [9.17, 15) is 0 Å². The van der Waals surface area contributed by atoms with Crippen molar-refractivity contribution in [3.05, 3.63) is 29.3 Å². The summed E-state index contributed by atoms with van der Waals surface area (Å²) in [5, 5.41) is 15.2. The van der Waals surface area contributed by atoms with Gasteiger partial charge in [0.15, 0.2) is 5.84 Å². The summed E-state index contributed by atoms with van der Waals surface area (Å²) < 4.78 is 0. The van der Waals surface area contributed by atoms with E-state index in [0.29, 0.717) is 10.7 Å². The number of rotatable bonds is 3. The van der Waals surface area contributed by atoms with Crippen LogP contribution in [-0.2, 0) is 0 Å². The van der Waals surface area contributed by atoms with Crippen molar-refractivity contribution in [2.75, 3.05) is 0 Å². The van der Waals surface area contributed by atoms with Crippen LogP contribution in [0.4, 0.5) is 5.69 Å². The summed E-state index contributed by atoms with van der Waals surface area (Å²) in [4.78, 5) is 3.99. The number of halogens is 1. The third kappa shape index (κ3) is 3.18. The molecule has 4 nitrogen and oxygen atoms in total. The molecule has 0 saturated heterocycles. The van der Waals surface area contributed by atoms with E-state index < -0.39 is 0 Å². The van der Waals surface area contributed by atoms with Crippen LogP contribution < -0.4 is 5.73 Å². The van der Waals surface area contributed by atoms with Gasteiger partial charge >= 0.3 is 0 Å². The lowest BCUT2D eigenvalue weighted by atomic mass is 10.2. The molecule has 5 heteroatoms. The first-order chi connectivity index (χ1) is 7.00. The molecule has 1 aromatic rings. The standard InChI is InChI=1S/C10H11ClN4/c1-6(12)9(13)10(14)15-8-4-2-3-7(11)5-8/h2-5,12-13H,1H3,(H2,14,15). The van der Waals surface area contributed by atoms with E-state index in [4.69, 9.17) is 28.2 Å². The van der Waals surface area contributed by atoms with Crippen molar-refractivity contribution in [3.63, 3.8) is 0 Å². The summed E-state index contributed by atoms with van der Waals surface area (Å²) in [6.45, 7) is 1.49. The maximum atomic E-state index is 7.44. The Labute approximate surface area is 92.8 Å². The average molecular weight is 223 g/mol. The van der Waals surface area contributed by atoms with E-state index in [1.807, 2.05) is 0 Å². The fourth-order valence-electron chi connectivity index (χ4n) is 0.933. The summed E-state index contributed by atoms with van der Waals surface area (Å²) in [7, 11) is 0. The SMILES string of the molecule is CC(=N)C(=N)C(N)=Nc1cccc(Cl)c1. The Morgan fingerprint density at radius 1 is 1.40 bits per heavy atom. The Bertz CT molecular complexity index is 437. The highest BCUT2D eigenvalue weighted by Gasteiger charge is 2.04. The van der Waals surface area contributed by atoms with E-state index >= 15 is 0 Å². The molecule has 0 aromatic heterocycles. The lowest BCUT2D eigenvalue weighted by Crippen LogP contribution is -2.27. The van der Waals surface area contributed by atoms with Crippen molar-refractivity contribution in [2.45, 2.75) is 6.92 Å². The van der Waals surface area contributed by atoms with E-state index in [-0.39, 0.29) is 17.3 Å². The molecule has 1 rings (SSSR count). The highest BCUT2D eigenvalue weighted by Crippen LogP contribution is 2.17. The highest BCUT2D eigenvalue weighted by atomic mass is 35.5.